The second-order valence-electron chi connectivity index (χ2n) is 6.94. The standard InChI is InChI=1S/C21H18F2N6O3S/c1-11-3-4-29(18(30)5-11)17-7-12(13-6-15(19(22)23)24-9-16(13)32-2)14(8-25-17)20(31)27-21-28-26-10-33-21/h3-10,18-19,30H,1-2H3,(H,27,28,31). The Morgan fingerprint density at radius 3 is 2.76 bits per heavy atom. The summed E-state index contributed by atoms with van der Waals surface area (Å²) in [5, 5.41) is 20.8. The van der Waals surface area contributed by atoms with Gasteiger partial charge in [0.1, 0.15) is 22.8 Å². The minimum atomic E-state index is -2.82. The SMILES string of the molecule is COc1cnc(C(F)F)cc1-c1cc(N2C=CC(C)=CC2O)ncc1C(=O)Nc1nncs1. The lowest BCUT2D eigenvalue weighted by Crippen LogP contribution is -2.31. The maximum atomic E-state index is 13.4. The molecule has 170 valence electrons. The van der Waals surface area contributed by atoms with E-state index in [1.54, 1.807) is 18.4 Å². The van der Waals surface area contributed by atoms with Gasteiger partial charge in [-0.1, -0.05) is 11.3 Å². The van der Waals surface area contributed by atoms with Gasteiger partial charge in [-0.3, -0.25) is 15.1 Å². The topological polar surface area (TPSA) is 113 Å². The van der Waals surface area contributed by atoms with Crippen LogP contribution < -0.4 is 15.0 Å². The number of carbonyl (C=O) groups excluding carboxylic acids is 1. The number of hydrogen-bond donors (Lipinski definition) is 2. The second kappa shape index (κ2) is 9.38. The van der Waals surface area contributed by atoms with E-state index in [9.17, 15) is 18.7 Å². The fourth-order valence-electron chi connectivity index (χ4n) is 3.20. The van der Waals surface area contributed by atoms with Crippen molar-refractivity contribution in [3.05, 3.63) is 65.2 Å². The highest BCUT2D eigenvalue weighted by Crippen LogP contribution is 2.37. The van der Waals surface area contributed by atoms with Crippen molar-refractivity contribution in [2.75, 3.05) is 17.3 Å². The molecule has 3 aromatic rings. The molecule has 33 heavy (non-hydrogen) atoms. The van der Waals surface area contributed by atoms with Crippen molar-refractivity contribution in [1.82, 2.24) is 20.2 Å². The van der Waals surface area contributed by atoms with E-state index in [1.165, 1.54) is 36.0 Å². The minimum absolute atomic E-state index is 0.0841. The molecule has 0 fully saturated rings. The number of ether oxygens (including phenoxy) is 1. The summed E-state index contributed by atoms with van der Waals surface area (Å²) in [4.78, 5) is 22.5. The maximum absolute atomic E-state index is 13.4. The quantitative estimate of drug-likeness (QED) is 0.557. The normalized spacial score (nSPS) is 15.5. The van der Waals surface area contributed by atoms with Gasteiger partial charge in [0.25, 0.3) is 12.3 Å². The number of halogens is 2. The number of nitrogens with zero attached hydrogens (tertiary/aromatic N) is 5. The Morgan fingerprint density at radius 2 is 2.09 bits per heavy atom. The fraction of sp³-hybridized carbons (Fsp3) is 0.190. The zero-order valence-corrected chi connectivity index (χ0v) is 18.3. The Morgan fingerprint density at radius 1 is 1.27 bits per heavy atom. The van der Waals surface area contributed by atoms with Crippen molar-refractivity contribution in [3.8, 4) is 16.9 Å². The number of alkyl halides is 2. The van der Waals surface area contributed by atoms with Gasteiger partial charge in [-0.15, -0.1) is 10.2 Å². The first-order valence-corrected chi connectivity index (χ1v) is 10.5. The van der Waals surface area contributed by atoms with Crippen LogP contribution >= 0.6 is 11.3 Å². The van der Waals surface area contributed by atoms with Crippen LogP contribution in [0.5, 0.6) is 5.75 Å². The summed E-state index contributed by atoms with van der Waals surface area (Å²) in [7, 11) is 1.37. The number of anilines is 2. The van der Waals surface area contributed by atoms with Crippen LogP contribution in [0.2, 0.25) is 0 Å². The van der Waals surface area contributed by atoms with E-state index in [2.05, 4.69) is 25.5 Å². The Labute approximate surface area is 191 Å². The molecule has 4 heterocycles. The maximum Gasteiger partial charge on any atom is 0.280 e. The largest absolute Gasteiger partial charge is 0.494 e. The molecule has 3 aromatic heterocycles. The summed E-state index contributed by atoms with van der Waals surface area (Å²) < 4.78 is 32.1. The zero-order chi connectivity index (χ0) is 23.5. The van der Waals surface area contributed by atoms with Crippen molar-refractivity contribution < 1.29 is 23.4 Å². The third-order valence-electron chi connectivity index (χ3n) is 4.80. The molecular formula is C21H18F2N6O3S. The number of hydrogen-bond acceptors (Lipinski definition) is 9. The first-order valence-electron chi connectivity index (χ1n) is 9.60. The molecular weight excluding hydrogens is 454 g/mol. The summed E-state index contributed by atoms with van der Waals surface area (Å²) in [6.45, 7) is 1.84. The Kier molecular flexibility index (Phi) is 6.38. The summed E-state index contributed by atoms with van der Waals surface area (Å²) in [5.41, 5.74) is 2.41. The van der Waals surface area contributed by atoms with Crippen molar-refractivity contribution in [3.63, 3.8) is 0 Å². The molecule has 9 nitrogen and oxygen atoms in total. The third-order valence-corrected chi connectivity index (χ3v) is 5.40. The molecule has 12 heteroatoms. The van der Waals surface area contributed by atoms with Crippen molar-refractivity contribution >= 4 is 28.2 Å². The number of rotatable bonds is 6. The lowest BCUT2D eigenvalue weighted by Gasteiger charge is -2.27. The highest BCUT2D eigenvalue weighted by Gasteiger charge is 2.24. The lowest BCUT2D eigenvalue weighted by molar-refractivity contribution is 0.102. The number of nitrogens with one attached hydrogen (secondary N) is 1. The predicted octanol–water partition coefficient (Wildman–Crippen LogP) is 3.79. The van der Waals surface area contributed by atoms with E-state index in [4.69, 9.17) is 4.74 Å². The molecule has 1 aliphatic heterocycles. The summed E-state index contributed by atoms with van der Waals surface area (Å²) in [5.74, 6) is -0.0850. The van der Waals surface area contributed by atoms with Crippen molar-refractivity contribution in [2.45, 2.75) is 19.6 Å². The minimum Gasteiger partial charge on any atom is -0.494 e. The third kappa shape index (κ3) is 4.71. The monoisotopic (exact) mass is 472 g/mol. The fourth-order valence-corrected chi connectivity index (χ4v) is 3.64. The van der Waals surface area contributed by atoms with Crippen LogP contribution in [0.4, 0.5) is 19.7 Å². The van der Waals surface area contributed by atoms with E-state index < -0.39 is 24.3 Å². The number of methoxy groups -OCH3 is 1. The van der Waals surface area contributed by atoms with Crippen LogP contribution in [0.3, 0.4) is 0 Å². The van der Waals surface area contributed by atoms with Gasteiger partial charge in [-0.2, -0.15) is 0 Å². The Bertz CT molecular complexity index is 1230. The summed E-state index contributed by atoms with van der Waals surface area (Å²) in [6, 6.07) is 2.68. The van der Waals surface area contributed by atoms with Crippen LogP contribution in [0.1, 0.15) is 29.4 Å². The average Bonchev–Trinajstić information content (AvgIpc) is 3.31. The molecule has 0 spiro atoms. The van der Waals surface area contributed by atoms with E-state index in [0.717, 1.165) is 23.0 Å². The number of pyridine rings is 2. The number of aliphatic hydroxyl groups is 1. The molecule has 1 aliphatic rings. The molecule has 2 N–H and O–H groups in total. The number of amides is 1. The zero-order valence-electron chi connectivity index (χ0n) is 17.4. The first-order chi connectivity index (χ1) is 15.9. The molecule has 1 amide bonds. The van der Waals surface area contributed by atoms with Crippen LogP contribution in [-0.2, 0) is 0 Å². The van der Waals surface area contributed by atoms with Crippen LogP contribution in [0, 0.1) is 0 Å². The van der Waals surface area contributed by atoms with Gasteiger partial charge in [0.2, 0.25) is 5.13 Å². The Balaban J connectivity index is 1.85. The number of carbonyl (C=O) groups is 1. The molecule has 0 aromatic carbocycles. The lowest BCUT2D eigenvalue weighted by atomic mass is 9.99. The molecule has 1 unspecified atom stereocenters. The van der Waals surface area contributed by atoms with Gasteiger partial charge in [-0.25, -0.2) is 13.8 Å². The van der Waals surface area contributed by atoms with Gasteiger partial charge in [0.05, 0.1) is 18.9 Å². The molecule has 1 atom stereocenters. The summed E-state index contributed by atoms with van der Waals surface area (Å²) in [6.07, 6.45) is 3.70. The number of aromatic nitrogens is 4. The molecule has 0 bridgehead atoms. The van der Waals surface area contributed by atoms with Gasteiger partial charge in [-0.05, 0) is 36.8 Å². The van der Waals surface area contributed by atoms with E-state index in [-0.39, 0.29) is 27.6 Å². The van der Waals surface area contributed by atoms with E-state index >= 15 is 0 Å². The van der Waals surface area contributed by atoms with Crippen molar-refractivity contribution in [2.24, 2.45) is 0 Å². The van der Waals surface area contributed by atoms with Crippen LogP contribution in [0.25, 0.3) is 11.1 Å². The highest BCUT2D eigenvalue weighted by atomic mass is 32.1. The van der Waals surface area contributed by atoms with Gasteiger partial charge in [0.15, 0.2) is 6.23 Å². The number of aliphatic hydroxyl groups excluding tert-OH is 1. The highest BCUT2D eigenvalue weighted by molar-refractivity contribution is 7.13. The molecule has 4 rings (SSSR count). The van der Waals surface area contributed by atoms with Gasteiger partial charge in [0, 0.05) is 23.5 Å². The molecule has 0 saturated carbocycles. The van der Waals surface area contributed by atoms with Crippen LogP contribution in [0.15, 0.2) is 54.0 Å². The Hall–Kier alpha value is -3.77. The molecule has 0 radical (unpaired) electrons. The van der Waals surface area contributed by atoms with Crippen molar-refractivity contribution in [1.29, 1.82) is 0 Å². The van der Waals surface area contributed by atoms with Gasteiger partial charge >= 0.3 is 0 Å². The molecule has 0 aliphatic carbocycles. The predicted molar refractivity (Wildman–Crippen MR) is 118 cm³/mol. The average molecular weight is 472 g/mol. The van der Waals surface area contributed by atoms with Gasteiger partial charge < -0.3 is 14.7 Å². The molecule has 0 saturated heterocycles. The summed E-state index contributed by atoms with van der Waals surface area (Å²) >= 11 is 1.12. The van der Waals surface area contributed by atoms with Crippen LogP contribution in [-0.4, -0.2) is 44.5 Å². The van der Waals surface area contributed by atoms with E-state index in [0.29, 0.717) is 5.82 Å². The number of allylic oxidation sites excluding steroid dienone is 2. The second-order valence-corrected chi connectivity index (χ2v) is 7.78. The first kappa shape index (κ1) is 22.4. The smallest absolute Gasteiger partial charge is 0.280 e. The van der Waals surface area contributed by atoms with E-state index in [1.807, 2.05) is 6.92 Å².